The maximum Gasteiger partial charge on any atom is 0.238 e. The summed E-state index contributed by atoms with van der Waals surface area (Å²) in [4.78, 5) is 28.0. The second-order valence-electron chi connectivity index (χ2n) is 8.44. The fraction of sp³-hybridized carbons (Fsp3) is 0.364. The number of carbonyl (C=O) groups excluding carboxylic acids is 1. The molecule has 5 heterocycles. The van der Waals surface area contributed by atoms with Crippen molar-refractivity contribution in [3.8, 4) is 0 Å². The maximum atomic E-state index is 12.4. The Balaban J connectivity index is 1.34. The zero-order chi connectivity index (χ0) is 23.7. The lowest BCUT2D eigenvalue weighted by molar-refractivity contribution is -0.117. The van der Waals surface area contributed by atoms with E-state index in [1.165, 1.54) is 0 Å². The molecule has 1 amide bonds. The standard InChI is InChI=1S/C22H27N11O/c1-14-18(8-15(9-23-14)26-19(34)13-33-6-4-5-7-33)28-20-17-11-24-22(29-21(17)32(3)30-20)27-16-10-25-31(2)12-16/h8-12H,4-7,13H2,1-3H3,(H,26,34)(H,28,30)(H,24,27,29). The first-order chi connectivity index (χ1) is 16.4. The van der Waals surface area contributed by atoms with Crippen LogP contribution in [0.2, 0.25) is 0 Å². The van der Waals surface area contributed by atoms with Gasteiger partial charge in [0, 0.05) is 26.5 Å². The van der Waals surface area contributed by atoms with Crippen molar-refractivity contribution in [2.45, 2.75) is 19.8 Å². The number of nitrogens with one attached hydrogen (secondary N) is 3. The minimum atomic E-state index is -0.0381. The summed E-state index contributed by atoms with van der Waals surface area (Å²) >= 11 is 0. The maximum absolute atomic E-state index is 12.4. The quantitative estimate of drug-likeness (QED) is 0.379. The van der Waals surface area contributed by atoms with Crippen LogP contribution in [-0.2, 0) is 18.9 Å². The molecule has 4 aromatic heterocycles. The lowest BCUT2D eigenvalue weighted by Gasteiger charge is -2.15. The molecule has 12 heteroatoms. The highest BCUT2D eigenvalue weighted by molar-refractivity contribution is 5.93. The van der Waals surface area contributed by atoms with Crippen molar-refractivity contribution in [2.24, 2.45) is 14.1 Å². The zero-order valence-corrected chi connectivity index (χ0v) is 19.4. The molecular formula is C22H27N11O. The molecule has 34 heavy (non-hydrogen) atoms. The second kappa shape index (κ2) is 9.06. The van der Waals surface area contributed by atoms with Crippen molar-refractivity contribution in [3.63, 3.8) is 0 Å². The molecule has 0 aliphatic carbocycles. The molecule has 3 N–H and O–H groups in total. The van der Waals surface area contributed by atoms with Gasteiger partial charge in [0.1, 0.15) is 0 Å². The van der Waals surface area contributed by atoms with Crippen molar-refractivity contribution in [1.29, 1.82) is 0 Å². The van der Waals surface area contributed by atoms with E-state index in [0.29, 0.717) is 29.6 Å². The van der Waals surface area contributed by atoms with Gasteiger partial charge in [0.05, 0.1) is 47.1 Å². The summed E-state index contributed by atoms with van der Waals surface area (Å²) in [6.45, 7) is 4.24. The van der Waals surface area contributed by atoms with Crippen molar-refractivity contribution in [1.82, 2.24) is 39.4 Å². The Bertz CT molecular complexity index is 1340. The van der Waals surface area contributed by atoms with Crippen molar-refractivity contribution >= 4 is 45.8 Å². The summed E-state index contributed by atoms with van der Waals surface area (Å²) in [7, 11) is 3.67. The minimum absolute atomic E-state index is 0.0381. The number of aryl methyl sites for hydroxylation is 3. The lowest BCUT2D eigenvalue weighted by Crippen LogP contribution is -2.30. The number of likely N-dealkylation sites (tertiary alicyclic amines) is 1. The summed E-state index contributed by atoms with van der Waals surface area (Å²) in [5.74, 6) is 1.02. The highest BCUT2D eigenvalue weighted by Gasteiger charge is 2.17. The first kappa shape index (κ1) is 21.8. The summed E-state index contributed by atoms with van der Waals surface area (Å²) in [5.41, 5.74) is 3.64. The van der Waals surface area contributed by atoms with Crippen molar-refractivity contribution < 1.29 is 4.79 Å². The van der Waals surface area contributed by atoms with E-state index in [0.717, 1.165) is 48.4 Å². The molecule has 0 saturated carbocycles. The number of fused-ring (bicyclic) bond motifs is 1. The summed E-state index contributed by atoms with van der Waals surface area (Å²) < 4.78 is 3.39. The third-order valence-corrected chi connectivity index (χ3v) is 5.73. The van der Waals surface area contributed by atoms with Gasteiger partial charge in [0.2, 0.25) is 11.9 Å². The average Bonchev–Trinajstić information content (AvgIpc) is 3.53. The molecule has 1 aliphatic heterocycles. The molecule has 0 spiro atoms. The van der Waals surface area contributed by atoms with Crippen LogP contribution >= 0.6 is 0 Å². The number of hydrogen-bond donors (Lipinski definition) is 3. The van der Waals surface area contributed by atoms with Crippen LogP contribution in [0.1, 0.15) is 18.5 Å². The molecule has 1 saturated heterocycles. The average molecular weight is 462 g/mol. The van der Waals surface area contributed by atoms with Gasteiger partial charge in [0.25, 0.3) is 0 Å². The van der Waals surface area contributed by atoms with Gasteiger partial charge in [-0.1, -0.05) is 0 Å². The fourth-order valence-electron chi connectivity index (χ4n) is 4.01. The van der Waals surface area contributed by atoms with E-state index >= 15 is 0 Å². The van der Waals surface area contributed by atoms with Crippen LogP contribution in [0.3, 0.4) is 0 Å². The van der Waals surface area contributed by atoms with Gasteiger partial charge in [-0.3, -0.25) is 19.4 Å². The van der Waals surface area contributed by atoms with Crippen LogP contribution in [-0.4, -0.2) is 65.0 Å². The van der Waals surface area contributed by atoms with E-state index in [1.54, 1.807) is 28.0 Å². The van der Waals surface area contributed by atoms with Crippen LogP contribution in [0.4, 0.5) is 28.8 Å². The third kappa shape index (κ3) is 4.66. The first-order valence-corrected chi connectivity index (χ1v) is 11.2. The van der Waals surface area contributed by atoms with Gasteiger partial charge in [-0.2, -0.15) is 15.2 Å². The molecule has 176 valence electrons. The molecule has 0 bridgehead atoms. The number of aromatic nitrogens is 7. The molecule has 0 unspecified atom stereocenters. The number of rotatable bonds is 7. The molecule has 12 nitrogen and oxygen atoms in total. The van der Waals surface area contributed by atoms with E-state index in [4.69, 9.17) is 0 Å². The Kier molecular flexibility index (Phi) is 5.80. The molecule has 1 fully saturated rings. The number of anilines is 5. The summed E-state index contributed by atoms with van der Waals surface area (Å²) in [5, 5.41) is 18.9. The van der Waals surface area contributed by atoms with Gasteiger partial charge in [0.15, 0.2) is 11.5 Å². The Hall–Kier alpha value is -4.06. The van der Waals surface area contributed by atoms with E-state index in [2.05, 4.69) is 46.0 Å². The van der Waals surface area contributed by atoms with Crippen LogP contribution < -0.4 is 16.0 Å². The third-order valence-electron chi connectivity index (χ3n) is 5.73. The number of nitrogens with zero attached hydrogens (tertiary/aromatic N) is 8. The molecule has 0 radical (unpaired) electrons. The Morgan fingerprint density at radius 3 is 2.65 bits per heavy atom. The van der Waals surface area contributed by atoms with Gasteiger partial charge < -0.3 is 16.0 Å². The van der Waals surface area contributed by atoms with E-state index in [9.17, 15) is 4.79 Å². The Morgan fingerprint density at radius 1 is 1.06 bits per heavy atom. The van der Waals surface area contributed by atoms with E-state index < -0.39 is 0 Å². The lowest BCUT2D eigenvalue weighted by atomic mass is 10.2. The summed E-state index contributed by atoms with van der Waals surface area (Å²) in [6.07, 6.45) is 9.23. The van der Waals surface area contributed by atoms with Gasteiger partial charge in [-0.05, 0) is 38.9 Å². The normalized spacial score (nSPS) is 14.0. The van der Waals surface area contributed by atoms with Crippen LogP contribution in [0.5, 0.6) is 0 Å². The highest BCUT2D eigenvalue weighted by atomic mass is 16.2. The molecule has 1 aliphatic rings. The topological polar surface area (TPSA) is 131 Å². The number of carbonyl (C=O) groups is 1. The molecular weight excluding hydrogens is 434 g/mol. The SMILES string of the molecule is Cc1ncc(NC(=O)CN2CCCC2)cc1Nc1nn(C)c2nc(Nc3cnn(C)c3)ncc12. The van der Waals surface area contributed by atoms with Gasteiger partial charge >= 0.3 is 0 Å². The molecule has 0 atom stereocenters. The van der Waals surface area contributed by atoms with Crippen molar-refractivity contribution in [2.75, 3.05) is 35.6 Å². The number of amides is 1. The zero-order valence-electron chi connectivity index (χ0n) is 19.4. The van der Waals surface area contributed by atoms with Crippen LogP contribution in [0.25, 0.3) is 11.0 Å². The van der Waals surface area contributed by atoms with Crippen LogP contribution in [0.15, 0.2) is 30.9 Å². The monoisotopic (exact) mass is 461 g/mol. The highest BCUT2D eigenvalue weighted by Crippen LogP contribution is 2.27. The van der Waals surface area contributed by atoms with Crippen molar-refractivity contribution in [3.05, 3.63) is 36.5 Å². The predicted molar refractivity (Wildman–Crippen MR) is 129 cm³/mol. The van der Waals surface area contributed by atoms with Gasteiger partial charge in [-0.15, -0.1) is 0 Å². The Morgan fingerprint density at radius 2 is 1.88 bits per heavy atom. The molecule has 4 aromatic rings. The largest absolute Gasteiger partial charge is 0.337 e. The van der Waals surface area contributed by atoms with Gasteiger partial charge in [-0.25, -0.2) is 9.67 Å². The van der Waals surface area contributed by atoms with E-state index in [1.807, 2.05) is 33.3 Å². The number of pyridine rings is 1. The Labute approximate surface area is 196 Å². The van der Waals surface area contributed by atoms with E-state index in [-0.39, 0.29) is 5.91 Å². The minimum Gasteiger partial charge on any atom is -0.337 e. The fourth-order valence-corrected chi connectivity index (χ4v) is 4.01. The number of hydrogen-bond acceptors (Lipinski definition) is 9. The first-order valence-electron chi connectivity index (χ1n) is 11.2. The predicted octanol–water partition coefficient (Wildman–Crippen LogP) is 2.32. The smallest absolute Gasteiger partial charge is 0.238 e. The van der Waals surface area contributed by atoms with Crippen LogP contribution in [0, 0.1) is 6.92 Å². The summed E-state index contributed by atoms with van der Waals surface area (Å²) in [6, 6.07) is 1.86. The molecule has 5 rings (SSSR count). The molecule has 0 aromatic carbocycles. The second-order valence-corrected chi connectivity index (χ2v) is 8.44.